The Morgan fingerprint density at radius 3 is 2.64 bits per heavy atom. The molecule has 0 saturated carbocycles. The first-order valence-corrected chi connectivity index (χ1v) is 4.80. The molecule has 0 aliphatic heterocycles. The highest BCUT2D eigenvalue weighted by molar-refractivity contribution is 5.54. The van der Waals surface area contributed by atoms with E-state index in [4.69, 9.17) is 0 Å². The molecule has 0 radical (unpaired) electrons. The highest BCUT2D eigenvalue weighted by atomic mass is 14.6. The van der Waals surface area contributed by atoms with Crippen LogP contribution in [0.1, 0.15) is 27.2 Å². The molecule has 0 aromatic heterocycles. The highest BCUT2D eigenvalue weighted by Gasteiger charge is 1.65. The molecule has 0 heterocycles. The van der Waals surface area contributed by atoms with Crippen molar-refractivity contribution in [3.8, 4) is 11.8 Å². The monoisotopic (exact) mass is 189 g/mol. The van der Waals surface area contributed by atoms with Gasteiger partial charge in [-0.3, -0.25) is 4.99 Å². The summed E-state index contributed by atoms with van der Waals surface area (Å²) in [5, 5.41) is 0. The second kappa shape index (κ2) is 17.5. The summed E-state index contributed by atoms with van der Waals surface area (Å²) in [5.74, 6) is 5.79. The molecule has 0 saturated heterocycles. The molecule has 1 nitrogen and oxygen atoms in total. The van der Waals surface area contributed by atoms with Gasteiger partial charge in [0.15, 0.2) is 0 Å². The van der Waals surface area contributed by atoms with Crippen LogP contribution < -0.4 is 0 Å². The van der Waals surface area contributed by atoms with Gasteiger partial charge < -0.3 is 0 Å². The third-order valence-electron chi connectivity index (χ3n) is 0.978. The van der Waals surface area contributed by atoms with Crippen LogP contribution in [0.3, 0.4) is 0 Å². The average Bonchev–Trinajstić information content (AvgIpc) is 2.25. The zero-order chi connectivity index (χ0) is 11.1. The number of aliphatic imine (C=N–C) groups is 1. The molecule has 0 aromatic carbocycles. The predicted octanol–water partition coefficient (Wildman–Crippen LogP) is 3.75. The highest BCUT2D eigenvalue weighted by Crippen LogP contribution is 1.80. The van der Waals surface area contributed by atoms with Crippen molar-refractivity contribution < 1.29 is 0 Å². The van der Waals surface area contributed by atoms with Gasteiger partial charge in [0.05, 0.1) is 0 Å². The Morgan fingerprint density at radius 2 is 2.07 bits per heavy atom. The lowest BCUT2D eigenvalue weighted by atomic mass is 10.4. The molecule has 0 rings (SSSR count). The first kappa shape index (κ1) is 14.9. The van der Waals surface area contributed by atoms with Crippen molar-refractivity contribution in [2.24, 2.45) is 4.99 Å². The van der Waals surface area contributed by atoms with Gasteiger partial charge in [0, 0.05) is 18.8 Å². The Balaban J connectivity index is 0. The van der Waals surface area contributed by atoms with Crippen molar-refractivity contribution in [3.63, 3.8) is 0 Å². The van der Waals surface area contributed by atoms with Gasteiger partial charge in [0.2, 0.25) is 0 Å². The van der Waals surface area contributed by atoms with Crippen molar-refractivity contribution in [2.75, 3.05) is 0 Å². The summed E-state index contributed by atoms with van der Waals surface area (Å²) in [7, 11) is 0. The topological polar surface area (TPSA) is 12.4 Å². The van der Waals surface area contributed by atoms with E-state index in [1.807, 2.05) is 26.8 Å². The normalized spacial score (nSPS) is 9.64. The van der Waals surface area contributed by atoms with Crippen LogP contribution in [0.4, 0.5) is 0 Å². The first-order valence-electron chi connectivity index (χ1n) is 4.80. The molecule has 0 aliphatic carbocycles. The summed E-state index contributed by atoms with van der Waals surface area (Å²) >= 11 is 0. The van der Waals surface area contributed by atoms with Gasteiger partial charge in [-0.15, -0.1) is 0 Å². The van der Waals surface area contributed by atoms with E-state index < -0.39 is 0 Å². The Kier molecular flexibility index (Phi) is 18.7. The molecule has 0 aromatic rings. The van der Waals surface area contributed by atoms with E-state index in [1.54, 1.807) is 30.6 Å². The third kappa shape index (κ3) is 16.8. The maximum Gasteiger partial charge on any atom is 0.0291 e. The molecule has 0 atom stereocenters. The molecular formula is C13H19N. The van der Waals surface area contributed by atoms with Crippen LogP contribution >= 0.6 is 0 Å². The van der Waals surface area contributed by atoms with Gasteiger partial charge in [-0.05, 0) is 13.0 Å². The van der Waals surface area contributed by atoms with Gasteiger partial charge in [0.1, 0.15) is 0 Å². The minimum atomic E-state index is 0.735. The lowest BCUT2D eigenvalue weighted by Gasteiger charge is -1.73. The van der Waals surface area contributed by atoms with Gasteiger partial charge in [-0.25, -0.2) is 0 Å². The summed E-state index contributed by atoms with van der Waals surface area (Å²) < 4.78 is 0. The number of nitrogens with zero attached hydrogens (tertiary/aromatic N) is 1. The van der Waals surface area contributed by atoms with Gasteiger partial charge in [0.25, 0.3) is 0 Å². The molecule has 1 heteroatoms. The SMILES string of the molecule is C=C/C=C/C#CC/C=C/N=CC.CC. The van der Waals surface area contributed by atoms with E-state index in [0.29, 0.717) is 0 Å². The van der Waals surface area contributed by atoms with E-state index in [-0.39, 0.29) is 0 Å². The molecule has 0 N–H and O–H groups in total. The van der Waals surface area contributed by atoms with Crippen LogP contribution in [0, 0.1) is 11.8 Å². The van der Waals surface area contributed by atoms with Crippen LogP contribution in [0.2, 0.25) is 0 Å². The van der Waals surface area contributed by atoms with E-state index >= 15 is 0 Å². The van der Waals surface area contributed by atoms with Gasteiger partial charge in [-0.2, -0.15) is 0 Å². The molecule has 0 fully saturated rings. The van der Waals surface area contributed by atoms with E-state index in [0.717, 1.165) is 6.42 Å². The minimum Gasteiger partial charge on any atom is -0.270 e. The minimum absolute atomic E-state index is 0.735. The second-order valence-electron chi connectivity index (χ2n) is 1.91. The van der Waals surface area contributed by atoms with Crippen LogP contribution in [0.5, 0.6) is 0 Å². The lowest BCUT2D eigenvalue weighted by molar-refractivity contribution is 1.42. The molecular weight excluding hydrogens is 170 g/mol. The molecule has 0 unspecified atom stereocenters. The maximum absolute atomic E-state index is 3.90. The smallest absolute Gasteiger partial charge is 0.0291 e. The number of allylic oxidation sites excluding steroid dienone is 4. The standard InChI is InChI=1S/C11H13N.C2H6/c1-3-5-6-7-8-9-10-11-12-4-2;1-2/h3-6,10-11H,1,9H2,2H3;1-2H3/b6-5+,11-10+,12-4?;. The first-order chi connectivity index (χ1) is 6.91. The van der Waals surface area contributed by atoms with Crippen molar-refractivity contribution in [3.05, 3.63) is 37.1 Å². The summed E-state index contributed by atoms with van der Waals surface area (Å²) in [6, 6.07) is 0. The fraction of sp³-hybridized carbons (Fsp3) is 0.308. The molecule has 76 valence electrons. The fourth-order valence-corrected chi connectivity index (χ4v) is 0.493. The largest absolute Gasteiger partial charge is 0.270 e. The quantitative estimate of drug-likeness (QED) is 0.364. The molecule has 14 heavy (non-hydrogen) atoms. The van der Waals surface area contributed by atoms with Crippen molar-refractivity contribution >= 4 is 6.21 Å². The van der Waals surface area contributed by atoms with Crippen molar-refractivity contribution in [2.45, 2.75) is 27.2 Å². The maximum atomic E-state index is 3.90. The second-order valence-corrected chi connectivity index (χ2v) is 1.91. The molecule has 0 bridgehead atoms. The van der Waals surface area contributed by atoms with Crippen LogP contribution in [-0.4, -0.2) is 6.21 Å². The van der Waals surface area contributed by atoms with Gasteiger partial charge >= 0.3 is 0 Å². The van der Waals surface area contributed by atoms with E-state index in [2.05, 4.69) is 23.4 Å². The third-order valence-corrected chi connectivity index (χ3v) is 0.978. The fourth-order valence-electron chi connectivity index (χ4n) is 0.493. The summed E-state index contributed by atoms with van der Waals surface area (Å²) in [5.41, 5.74) is 0. The molecule has 0 spiro atoms. The summed E-state index contributed by atoms with van der Waals surface area (Å²) in [6.07, 6.45) is 11.4. The number of hydrogen-bond donors (Lipinski definition) is 0. The Labute approximate surface area is 88.0 Å². The summed E-state index contributed by atoms with van der Waals surface area (Å²) in [4.78, 5) is 3.90. The van der Waals surface area contributed by atoms with Crippen molar-refractivity contribution in [1.82, 2.24) is 0 Å². The predicted molar refractivity (Wildman–Crippen MR) is 66.4 cm³/mol. The number of rotatable bonds is 3. The zero-order valence-corrected chi connectivity index (χ0v) is 9.33. The van der Waals surface area contributed by atoms with Crippen LogP contribution in [-0.2, 0) is 0 Å². The van der Waals surface area contributed by atoms with Gasteiger partial charge in [-0.1, -0.05) is 50.5 Å². The Hall–Kier alpha value is -1.55. The molecule has 0 amide bonds. The zero-order valence-electron chi connectivity index (χ0n) is 9.33. The van der Waals surface area contributed by atoms with E-state index in [1.165, 1.54) is 0 Å². The summed E-state index contributed by atoms with van der Waals surface area (Å²) in [6.45, 7) is 9.41. The van der Waals surface area contributed by atoms with Crippen LogP contribution in [0.15, 0.2) is 42.1 Å². The van der Waals surface area contributed by atoms with E-state index in [9.17, 15) is 0 Å². The Morgan fingerprint density at radius 1 is 1.36 bits per heavy atom. The van der Waals surface area contributed by atoms with Crippen LogP contribution in [0.25, 0.3) is 0 Å². The van der Waals surface area contributed by atoms with Crippen molar-refractivity contribution in [1.29, 1.82) is 0 Å². The average molecular weight is 189 g/mol. The molecule has 0 aliphatic rings. The Bertz CT molecular complexity index is 246. The number of hydrogen-bond acceptors (Lipinski definition) is 1. The lowest BCUT2D eigenvalue weighted by Crippen LogP contribution is -1.59.